The van der Waals surface area contributed by atoms with E-state index in [9.17, 15) is 9.90 Å². The van der Waals surface area contributed by atoms with E-state index in [2.05, 4.69) is 0 Å². The van der Waals surface area contributed by atoms with Crippen LogP contribution in [0, 0.1) is 17.8 Å². The zero-order chi connectivity index (χ0) is 7.14. The molecule has 2 nitrogen and oxygen atoms in total. The highest BCUT2D eigenvalue weighted by atomic mass is 16.3. The van der Waals surface area contributed by atoms with Gasteiger partial charge in [-0.3, -0.25) is 0 Å². The highest BCUT2D eigenvalue weighted by Gasteiger charge is 2.45. The number of hydrogen-bond donors (Lipinski definition) is 1. The first-order chi connectivity index (χ1) is 4.81. The number of rotatable bonds is 1. The Labute approximate surface area is 60.2 Å². The van der Waals surface area contributed by atoms with E-state index in [0.29, 0.717) is 11.8 Å². The van der Waals surface area contributed by atoms with Crippen molar-refractivity contribution < 1.29 is 9.90 Å². The molecule has 0 saturated heterocycles. The Hall–Kier alpha value is -0.370. The maximum absolute atomic E-state index is 10.4. The van der Waals surface area contributed by atoms with Gasteiger partial charge in [-0.25, -0.2) is 0 Å². The van der Waals surface area contributed by atoms with Crippen LogP contribution in [0.15, 0.2) is 0 Å². The number of aliphatic hydroxyl groups is 1. The second-order valence-electron chi connectivity index (χ2n) is 3.60. The summed E-state index contributed by atoms with van der Waals surface area (Å²) in [5, 5.41) is 9.36. The summed E-state index contributed by atoms with van der Waals surface area (Å²) in [6.45, 7) is 0. The second kappa shape index (κ2) is 2.06. The van der Waals surface area contributed by atoms with Crippen molar-refractivity contribution in [2.24, 2.45) is 17.8 Å². The molecule has 0 radical (unpaired) electrons. The van der Waals surface area contributed by atoms with Crippen molar-refractivity contribution in [3.05, 3.63) is 0 Å². The van der Waals surface area contributed by atoms with Gasteiger partial charge in [-0.15, -0.1) is 0 Å². The van der Waals surface area contributed by atoms with E-state index in [1.165, 1.54) is 0 Å². The van der Waals surface area contributed by atoms with Gasteiger partial charge in [0, 0.05) is 5.92 Å². The Morgan fingerprint density at radius 1 is 1.30 bits per heavy atom. The fourth-order valence-electron chi connectivity index (χ4n) is 2.52. The molecule has 0 aromatic carbocycles. The average molecular weight is 140 g/mol. The normalized spacial score (nSPS) is 51.7. The lowest BCUT2D eigenvalue weighted by atomic mass is 9.88. The van der Waals surface area contributed by atoms with Crippen LogP contribution in [-0.4, -0.2) is 17.5 Å². The number of carbonyl (C=O) groups is 1. The molecule has 0 amide bonds. The summed E-state index contributed by atoms with van der Waals surface area (Å²) >= 11 is 0. The van der Waals surface area contributed by atoms with E-state index >= 15 is 0 Å². The van der Waals surface area contributed by atoms with E-state index in [4.69, 9.17) is 0 Å². The van der Waals surface area contributed by atoms with Crippen molar-refractivity contribution in [1.82, 2.24) is 0 Å². The van der Waals surface area contributed by atoms with Crippen molar-refractivity contribution in [2.75, 3.05) is 0 Å². The first-order valence-electron chi connectivity index (χ1n) is 3.94. The minimum absolute atomic E-state index is 0.172. The third-order valence-corrected chi connectivity index (χ3v) is 3.00. The van der Waals surface area contributed by atoms with E-state index in [-0.39, 0.29) is 12.0 Å². The SMILES string of the molecule is O=CC1CC2CC(O)C1C2. The number of carbonyl (C=O) groups excluding carboxylic acids is 1. The topological polar surface area (TPSA) is 37.3 Å². The zero-order valence-electron chi connectivity index (χ0n) is 5.86. The summed E-state index contributed by atoms with van der Waals surface area (Å²) in [5.41, 5.74) is 0. The van der Waals surface area contributed by atoms with Gasteiger partial charge in [0.15, 0.2) is 0 Å². The van der Waals surface area contributed by atoms with Gasteiger partial charge in [0.2, 0.25) is 0 Å². The first-order valence-corrected chi connectivity index (χ1v) is 3.94. The summed E-state index contributed by atoms with van der Waals surface area (Å²) in [5.74, 6) is 1.13. The minimum atomic E-state index is -0.172. The molecule has 0 heterocycles. The van der Waals surface area contributed by atoms with Crippen LogP contribution in [0.4, 0.5) is 0 Å². The second-order valence-corrected chi connectivity index (χ2v) is 3.60. The monoisotopic (exact) mass is 140 g/mol. The lowest BCUT2D eigenvalue weighted by Crippen LogP contribution is -2.24. The summed E-state index contributed by atoms with van der Waals surface area (Å²) in [4.78, 5) is 10.4. The molecule has 2 aliphatic rings. The predicted octanol–water partition coefficient (Wildman–Crippen LogP) is 0.592. The average Bonchev–Trinajstić information content (AvgIpc) is 2.44. The number of aliphatic hydroxyl groups excluding tert-OH is 1. The molecule has 2 heteroatoms. The van der Waals surface area contributed by atoms with Crippen molar-refractivity contribution in [3.63, 3.8) is 0 Å². The maximum Gasteiger partial charge on any atom is 0.123 e. The molecule has 0 aromatic rings. The minimum Gasteiger partial charge on any atom is -0.393 e. The first kappa shape index (κ1) is 6.35. The van der Waals surface area contributed by atoms with Crippen LogP contribution in [0.3, 0.4) is 0 Å². The van der Waals surface area contributed by atoms with Crippen molar-refractivity contribution in [2.45, 2.75) is 25.4 Å². The fraction of sp³-hybridized carbons (Fsp3) is 0.875. The lowest BCUT2D eigenvalue weighted by Gasteiger charge is -2.20. The van der Waals surface area contributed by atoms with Crippen molar-refractivity contribution in [1.29, 1.82) is 0 Å². The summed E-state index contributed by atoms with van der Waals surface area (Å²) in [6.07, 6.45) is 3.91. The molecule has 10 heavy (non-hydrogen) atoms. The van der Waals surface area contributed by atoms with Gasteiger partial charge in [0.1, 0.15) is 6.29 Å². The van der Waals surface area contributed by atoms with Gasteiger partial charge in [0.25, 0.3) is 0 Å². The van der Waals surface area contributed by atoms with Gasteiger partial charge in [0.05, 0.1) is 6.10 Å². The van der Waals surface area contributed by atoms with Gasteiger partial charge in [-0.05, 0) is 31.1 Å². The van der Waals surface area contributed by atoms with Crippen molar-refractivity contribution >= 4 is 6.29 Å². The Morgan fingerprint density at radius 3 is 2.50 bits per heavy atom. The summed E-state index contributed by atoms with van der Waals surface area (Å²) in [6, 6.07) is 0. The molecule has 4 atom stereocenters. The van der Waals surface area contributed by atoms with E-state index in [1.807, 2.05) is 0 Å². The third kappa shape index (κ3) is 0.717. The van der Waals surface area contributed by atoms with Gasteiger partial charge in [-0.1, -0.05) is 0 Å². The number of aldehydes is 1. The molecule has 2 rings (SSSR count). The summed E-state index contributed by atoms with van der Waals surface area (Å²) in [7, 11) is 0. The van der Waals surface area contributed by atoms with Crippen LogP contribution in [0.5, 0.6) is 0 Å². The van der Waals surface area contributed by atoms with Crippen LogP contribution >= 0.6 is 0 Å². The Bertz CT molecular complexity index is 155. The highest BCUT2D eigenvalue weighted by molar-refractivity contribution is 5.55. The van der Waals surface area contributed by atoms with Gasteiger partial charge < -0.3 is 9.90 Å². The molecule has 0 spiro atoms. The smallest absolute Gasteiger partial charge is 0.123 e. The molecule has 2 aliphatic carbocycles. The Kier molecular flexibility index (Phi) is 1.31. The van der Waals surface area contributed by atoms with Crippen LogP contribution < -0.4 is 0 Å². The van der Waals surface area contributed by atoms with E-state index < -0.39 is 0 Å². The van der Waals surface area contributed by atoms with Gasteiger partial charge >= 0.3 is 0 Å². The molecule has 0 aromatic heterocycles. The highest BCUT2D eigenvalue weighted by Crippen LogP contribution is 2.47. The standard InChI is InChI=1S/C8H12O2/c9-4-6-1-5-2-7(6)8(10)3-5/h4-8,10H,1-3H2. The molecule has 56 valence electrons. The predicted molar refractivity (Wildman–Crippen MR) is 36.4 cm³/mol. The molecule has 2 bridgehead atoms. The molecule has 2 fully saturated rings. The van der Waals surface area contributed by atoms with Gasteiger partial charge in [-0.2, -0.15) is 0 Å². The molecule has 2 saturated carbocycles. The Balaban J connectivity index is 2.12. The quantitative estimate of drug-likeness (QED) is 0.541. The zero-order valence-corrected chi connectivity index (χ0v) is 5.86. The lowest BCUT2D eigenvalue weighted by molar-refractivity contribution is -0.113. The molecular formula is C8H12O2. The van der Waals surface area contributed by atoms with Crippen molar-refractivity contribution in [3.8, 4) is 0 Å². The molecule has 4 unspecified atom stereocenters. The number of fused-ring (bicyclic) bond motifs is 2. The fourth-order valence-corrected chi connectivity index (χ4v) is 2.52. The Morgan fingerprint density at radius 2 is 2.10 bits per heavy atom. The van der Waals surface area contributed by atoms with E-state index in [1.54, 1.807) is 0 Å². The van der Waals surface area contributed by atoms with Crippen LogP contribution in [0.1, 0.15) is 19.3 Å². The largest absolute Gasteiger partial charge is 0.393 e. The number of hydrogen-bond acceptors (Lipinski definition) is 2. The van der Waals surface area contributed by atoms with Crippen LogP contribution in [0.25, 0.3) is 0 Å². The third-order valence-electron chi connectivity index (χ3n) is 3.00. The maximum atomic E-state index is 10.4. The summed E-state index contributed by atoms with van der Waals surface area (Å²) < 4.78 is 0. The van der Waals surface area contributed by atoms with E-state index in [0.717, 1.165) is 25.5 Å². The molecule has 0 aliphatic heterocycles. The van der Waals surface area contributed by atoms with Crippen LogP contribution in [-0.2, 0) is 4.79 Å². The molecular weight excluding hydrogens is 128 g/mol. The van der Waals surface area contributed by atoms with Crippen LogP contribution in [0.2, 0.25) is 0 Å². The molecule has 1 N–H and O–H groups in total.